The van der Waals surface area contributed by atoms with Crippen LogP contribution in [0.3, 0.4) is 0 Å². The predicted octanol–water partition coefficient (Wildman–Crippen LogP) is 4.14. The largest absolute Gasteiger partial charge is 0.341 e. The molecule has 1 fully saturated rings. The summed E-state index contributed by atoms with van der Waals surface area (Å²) in [5.41, 5.74) is 1.30. The minimum atomic E-state index is -3.96. The first-order valence-electron chi connectivity index (χ1n) is 9.56. The molecule has 0 spiro atoms. The summed E-state index contributed by atoms with van der Waals surface area (Å²) in [4.78, 5) is 14.4. The molecule has 1 amide bonds. The Morgan fingerprint density at radius 3 is 2.45 bits per heavy atom. The number of piperidine rings is 1. The van der Waals surface area contributed by atoms with E-state index in [0.29, 0.717) is 19.0 Å². The lowest BCUT2D eigenvalue weighted by Crippen LogP contribution is -2.49. The maximum atomic E-state index is 12.8. The van der Waals surface area contributed by atoms with Gasteiger partial charge >= 0.3 is 0 Å². The number of carbonyl (C=O) groups excluding carboxylic acids is 1. The highest BCUT2D eigenvalue weighted by Gasteiger charge is 2.29. The Morgan fingerprint density at radius 2 is 1.79 bits per heavy atom. The molecule has 0 aromatic heterocycles. The van der Waals surface area contributed by atoms with E-state index in [-0.39, 0.29) is 20.8 Å². The molecule has 2 aromatic carbocycles. The molecule has 0 saturated carbocycles. The van der Waals surface area contributed by atoms with Crippen LogP contribution in [0.5, 0.6) is 0 Å². The third-order valence-electron chi connectivity index (χ3n) is 5.18. The molecule has 156 valence electrons. The molecule has 29 heavy (non-hydrogen) atoms. The Hall–Kier alpha value is -1.60. The number of rotatable bonds is 6. The fraction of sp³-hybridized carbons (Fsp3) is 0.381. The van der Waals surface area contributed by atoms with Crippen molar-refractivity contribution in [1.82, 2.24) is 9.62 Å². The lowest BCUT2D eigenvalue weighted by molar-refractivity contribution is -0.133. The SMILES string of the molecule is C[C@@H](NS(=O)(=O)c1cc(Cl)ccc1Cl)C(=O)N1CCC(Cc2ccccc2)CC1. The van der Waals surface area contributed by atoms with E-state index in [4.69, 9.17) is 23.2 Å². The van der Waals surface area contributed by atoms with E-state index < -0.39 is 16.1 Å². The lowest BCUT2D eigenvalue weighted by Gasteiger charge is -2.33. The second kappa shape index (κ2) is 9.47. The third-order valence-corrected chi connectivity index (χ3v) is 7.44. The normalized spacial score (nSPS) is 16.6. The van der Waals surface area contributed by atoms with Crippen LogP contribution >= 0.6 is 23.2 Å². The molecule has 1 aliphatic rings. The highest BCUT2D eigenvalue weighted by atomic mass is 35.5. The average Bonchev–Trinajstić information content (AvgIpc) is 2.70. The van der Waals surface area contributed by atoms with Gasteiger partial charge in [-0.1, -0.05) is 53.5 Å². The average molecular weight is 455 g/mol. The van der Waals surface area contributed by atoms with Crippen LogP contribution in [0.25, 0.3) is 0 Å². The number of nitrogens with zero attached hydrogens (tertiary/aromatic N) is 1. The summed E-state index contributed by atoms with van der Waals surface area (Å²) in [6.45, 7) is 2.80. The number of sulfonamides is 1. The van der Waals surface area contributed by atoms with Gasteiger partial charge in [0.05, 0.1) is 11.1 Å². The van der Waals surface area contributed by atoms with Crippen molar-refractivity contribution in [2.75, 3.05) is 13.1 Å². The summed E-state index contributed by atoms with van der Waals surface area (Å²) in [5, 5.41) is 0.317. The summed E-state index contributed by atoms with van der Waals surface area (Å²) < 4.78 is 27.7. The molecule has 1 saturated heterocycles. The number of carbonyl (C=O) groups is 1. The summed E-state index contributed by atoms with van der Waals surface area (Å²) in [6, 6.07) is 13.6. The highest BCUT2D eigenvalue weighted by Crippen LogP contribution is 2.26. The number of likely N-dealkylation sites (tertiary alicyclic amines) is 1. The van der Waals surface area contributed by atoms with Crippen molar-refractivity contribution in [3.63, 3.8) is 0 Å². The van der Waals surface area contributed by atoms with Gasteiger partial charge in [0.15, 0.2) is 0 Å². The first kappa shape index (κ1) is 22.1. The van der Waals surface area contributed by atoms with Crippen LogP contribution in [0.15, 0.2) is 53.4 Å². The topological polar surface area (TPSA) is 66.5 Å². The zero-order valence-corrected chi connectivity index (χ0v) is 18.5. The van der Waals surface area contributed by atoms with Crippen LogP contribution in [0.1, 0.15) is 25.3 Å². The maximum absolute atomic E-state index is 12.8. The number of nitrogens with one attached hydrogen (secondary N) is 1. The van der Waals surface area contributed by atoms with Gasteiger partial charge in [-0.25, -0.2) is 8.42 Å². The summed E-state index contributed by atoms with van der Waals surface area (Å²) in [6.07, 6.45) is 2.80. The second-order valence-corrected chi connectivity index (χ2v) is 9.90. The number of halogens is 2. The van der Waals surface area contributed by atoms with E-state index in [1.807, 2.05) is 18.2 Å². The molecular weight excluding hydrogens is 431 g/mol. The van der Waals surface area contributed by atoms with Crippen molar-refractivity contribution in [2.45, 2.75) is 37.1 Å². The zero-order chi connectivity index (χ0) is 21.0. The highest BCUT2D eigenvalue weighted by molar-refractivity contribution is 7.89. The van der Waals surface area contributed by atoms with Gasteiger partial charge < -0.3 is 4.90 Å². The molecule has 2 aromatic rings. The van der Waals surface area contributed by atoms with Gasteiger partial charge in [0.1, 0.15) is 4.90 Å². The minimum Gasteiger partial charge on any atom is -0.341 e. The molecular formula is C21H24Cl2N2O3S. The smallest absolute Gasteiger partial charge is 0.242 e. The molecule has 0 radical (unpaired) electrons. The van der Waals surface area contributed by atoms with Crippen LogP contribution in [0.2, 0.25) is 10.0 Å². The van der Waals surface area contributed by atoms with Gasteiger partial charge in [-0.2, -0.15) is 4.72 Å². The Balaban J connectivity index is 1.57. The van der Waals surface area contributed by atoms with E-state index >= 15 is 0 Å². The van der Waals surface area contributed by atoms with Gasteiger partial charge in [-0.3, -0.25) is 4.79 Å². The number of hydrogen-bond acceptors (Lipinski definition) is 3. The summed E-state index contributed by atoms with van der Waals surface area (Å²) in [7, 11) is -3.96. The molecule has 3 rings (SSSR count). The molecule has 0 unspecified atom stereocenters. The first-order valence-corrected chi connectivity index (χ1v) is 11.8. The fourth-order valence-corrected chi connectivity index (χ4v) is 5.57. The van der Waals surface area contributed by atoms with Crippen LogP contribution in [0, 0.1) is 5.92 Å². The van der Waals surface area contributed by atoms with Crippen LogP contribution in [0.4, 0.5) is 0 Å². The van der Waals surface area contributed by atoms with Crippen molar-refractivity contribution >= 4 is 39.1 Å². The Labute approximate surface area is 182 Å². The van der Waals surface area contributed by atoms with E-state index in [2.05, 4.69) is 16.9 Å². The third kappa shape index (κ3) is 5.72. The number of amides is 1. The van der Waals surface area contributed by atoms with E-state index in [1.165, 1.54) is 23.8 Å². The lowest BCUT2D eigenvalue weighted by atomic mass is 9.90. The van der Waals surface area contributed by atoms with Crippen LogP contribution < -0.4 is 4.72 Å². The monoisotopic (exact) mass is 454 g/mol. The quantitative estimate of drug-likeness (QED) is 0.712. The van der Waals surface area contributed by atoms with Crippen LogP contribution in [-0.2, 0) is 21.2 Å². The molecule has 5 nitrogen and oxygen atoms in total. The van der Waals surface area contributed by atoms with Crippen molar-refractivity contribution in [2.24, 2.45) is 5.92 Å². The van der Waals surface area contributed by atoms with Gasteiger partial charge in [0.25, 0.3) is 0 Å². The van der Waals surface area contributed by atoms with Crippen molar-refractivity contribution in [3.05, 3.63) is 64.1 Å². The van der Waals surface area contributed by atoms with Gasteiger partial charge in [-0.05, 0) is 55.9 Å². The Bertz CT molecular complexity index is 959. The zero-order valence-electron chi connectivity index (χ0n) is 16.1. The Kier molecular flexibility index (Phi) is 7.22. The molecule has 1 N–H and O–H groups in total. The van der Waals surface area contributed by atoms with Gasteiger partial charge in [0, 0.05) is 18.1 Å². The van der Waals surface area contributed by atoms with E-state index in [1.54, 1.807) is 11.8 Å². The first-order chi connectivity index (χ1) is 13.8. The Morgan fingerprint density at radius 1 is 1.14 bits per heavy atom. The second-order valence-electron chi connectivity index (χ2n) is 7.38. The van der Waals surface area contributed by atoms with E-state index in [9.17, 15) is 13.2 Å². The van der Waals surface area contributed by atoms with Crippen LogP contribution in [-0.4, -0.2) is 38.4 Å². The number of benzene rings is 2. The van der Waals surface area contributed by atoms with Crippen molar-refractivity contribution in [3.8, 4) is 0 Å². The summed E-state index contributed by atoms with van der Waals surface area (Å²) in [5.74, 6) is 0.295. The molecule has 0 aliphatic carbocycles. The minimum absolute atomic E-state index is 0.0586. The molecule has 0 bridgehead atoms. The maximum Gasteiger partial charge on any atom is 0.242 e. The standard InChI is InChI=1S/C21H24Cl2N2O3S/c1-15(24-29(27,28)20-14-18(22)7-8-19(20)23)21(26)25-11-9-17(10-12-25)13-16-5-3-2-4-6-16/h2-8,14-15,17,24H,9-13H2,1H3/t15-/m1/s1. The number of hydrogen-bond donors (Lipinski definition) is 1. The van der Waals surface area contributed by atoms with Crippen molar-refractivity contribution in [1.29, 1.82) is 0 Å². The summed E-state index contributed by atoms with van der Waals surface area (Å²) >= 11 is 11.9. The molecule has 1 aliphatic heterocycles. The van der Waals surface area contributed by atoms with Gasteiger partial charge in [0.2, 0.25) is 15.9 Å². The molecule has 8 heteroatoms. The predicted molar refractivity (Wildman–Crippen MR) is 116 cm³/mol. The van der Waals surface area contributed by atoms with Gasteiger partial charge in [-0.15, -0.1) is 0 Å². The van der Waals surface area contributed by atoms with E-state index in [0.717, 1.165) is 19.3 Å². The molecule has 1 heterocycles. The molecule has 1 atom stereocenters. The van der Waals surface area contributed by atoms with Crippen molar-refractivity contribution < 1.29 is 13.2 Å². The fourth-order valence-electron chi connectivity index (χ4n) is 3.61.